The summed E-state index contributed by atoms with van der Waals surface area (Å²) in [5.74, 6) is -0.0100. The molecule has 1 N–H and O–H groups in total. The van der Waals surface area contributed by atoms with E-state index in [1.165, 1.54) is 17.6 Å². The van der Waals surface area contributed by atoms with Gasteiger partial charge in [-0.3, -0.25) is 0 Å². The Morgan fingerprint density at radius 3 is 2.47 bits per heavy atom. The maximum absolute atomic E-state index is 11.3. The van der Waals surface area contributed by atoms with Crippen molar-refractivity contribution in [3.8, 4) is 0 Å². The molecule has 0 aliphatic rings. The van der Waals surface area contributed by atoms with E-state index in [1.807, 2.05) is 0 Å². The van der Waals surface area contributed by atoms with Crippen LogP contribution in [0.5, 0.6) is 0 Å². The highest BCUT2D eigenvalue weighted by molar-refractivity contribution is 7.90. The van der Waals surface area contributed by atoms with Crippen molar-refractivity contribution >= 4 is 21.2 Å². The van der Waals surface area contributed by atoms with E-state index in [9.17, 15) is 8.42 Å². The van der Waals surface area contributed by atoms with Crippen molar-refractivity contribution in [3.63, 3.8) is 0 Å². The molecule has 0 saturated heterocycles. The van der Waals surface area contributed by atoms with Gasteiger partial charge in [-0.25, -0.2) is 13.4 Å². The van der Waals surface area contributed by atoms with Crippen LogP contribution in [-0.4, -0.2) is 32.3 Å². The zero-order chi connectivity index (χ0) is 14.7. The first kappa shape index (κ1) is 16.6. The Hall–Kier alpha value is -0.500. The molecule has 0 amide bonds. The fourth-order valence-electron chi connectivity index (χ4n) is 1.46. The van der Waals surface area contributed by atoms with Gasteiger partial charge < -0.3 is 10.1 Å². The van der Waals surface area contributed by atoms with Gasteiger partial charge in [0.1, 0.15) is 10.8 Å². The lowest BCUT2D eigenvalue weighted by Gasteiger charge is -2.20. The number of ether oxygens (including phenoxy) is 1. The average molecular weight is 306 g/mol. The van der Waals surface area contributed by atoms with E-state index in [4.69, 9.17) is 4.74 Å². The molecule has 0 fully saturated rings. The Labute approximate surface area is 119 Å². The second-order valence-corrected chi connectivity index (χ2v) is 8.89. The predicted octanol–water partition coefficient (Wildman–Crippen LogP) is 1.72. The smallest absolute Gasteiger partial charge is 0.153 e. The van der Waals surface area contributed by atoms with Gasteiger partial charge in [0.2, 0.25) is 0 Å². The largest absolute Gasteiger partial charge is 0.378 e. The minimum atomic E-state index is -3.05. The number of hydrogen-bond donors (Lipinski definition) is 1. The fourth-order valence-corrected chi connectivity index (χ4v) is 3.65. The van der Waals surface area contributed by atoms with Crippen molar-refractivity contribution in [2.45, 2.75) is 45.2 Å². The van der Waals surface area contributed by atoms with Gasteiger partial charge >= 0.3 is 0 Å². The summed E-state index contributed by atoms with van der Waals surface area (Å²) in [4.78, 5) is 5.40. The second kappa shape index (κ2) is 6.30. The van der Waals surface area contributed by atoms with Gasteiger partial charge in [0, 0.05) is 30.3 Å². The first-order valence-corrected chi connectivity index (χ1v) is 8.87. The summed E-state index contributed by atoms with van der Waals surface area (Å²) >= 11 is 1.43. The lowest BCUT2D eigenvalue weighted by molar-refractivity contribution is 0.181. The summed E-state index contributed by atoms with van der Waals surface area (Å²) in [6.07, 6.45) is 1.22. The molecule has 0 radical (unpaired) electrons. The fraction of sp³-hybridized carbons (Fsp3) is 0.750. The van der Waals surface area contributed by atoms with Crippen LogP contribution in [0.25, 0.3) is 0 Å². The third-order valence-electron chi connectivity index (χ3n) is 2.27. The van der Waals surface area contributed by atoms with Gasteiger partial charge in [-0.05, 0) is 20.8 Å². The standard InChI is InChI=1S/C12H22N2O3S2/c1-12(2,3)13-6-10-9(7-17-4)14-11(18-10)8-19(5,15)16/h13H,6-8H2,1-5H3. The van der Waals surface area contributed by atoms with Crippen molar-refractivity contribution in [1.29, 1.82) is 0 Å². The number of nitrogens with one attached hydrogen (secondary N) is 1. The van der Waals surface area contributed by atoms with Crippen molar-refractivity contribution in [2.75, 3.05) is 13.4 Å². The maximum Gasteiger partial charge on any atom is 0.153 e. The zero-order valence-corrected chi connectivity index (χ0v) is 13.7. The molecule has 110 valence electrons. The van der Waals surface area contributed by atoms with Crippen LogP contribution < -0.4 is 5.32 Å². The molecule has 0 saturated carbocycles. The number of nitrogens with zero attached hydrogens (tertiary/aromatic N) is 1. The Morgan fingerprint density at radius 2 is 2.00 bits per heavy atom. The number of sulfone groups is 1. The molecule has 0 aromatic carbocycles. The van der Waals surface area contributed by atoms with Crippen molar-refractivity contribution in [3.05, 3.63) is 15.6 Å². The molecule has 0 spiro atoms. The van der Waals surface area contributed by atoms with Gasteiger partial charge in [-0.1, -0.05) is 0 Å². The Bertz CT molecular complexity index is 516. The van der Waals surface area contributed by atoms with E-state index in [1.54, 1.807) is 7.11 Å². The Kier molecular flexibility index (Phi) is 5.49. The molecule has 0 aliphatic carbocycles. The number of thiazole rings is 1. The molecule has 0 unspecified atom stereocenters. The van der Waals surface area contributed by atoms with Crippen LogP contribution in [0.15, 0.2) is 0 Å². The Balaban J connectivity index is 2.88. The quantitative estimate of drug-likeness (QED) is 0.867. The summed E-state index contributed by atoms with van der Waals surface area (Å²) in [7, 11) is -1.44. The van der Waals surface area contributed by atoms with Gasteiger partial charge in [-0.15, -0.1) is 11.3 Å². The number of hydrogen-bond acceptors (Lipinski definition) is 6. The molecular formula is C12H22N2O3S2. The van der Waals surface area contributed by atoms with Gasteiger partial charge in [0.25, 0.3) is 0 Å². The number of rotatable bonds is 6. The third kappa shape index (κ3) is 6.47. The summed E-state index contributed by atoms with van der Waals surface area (Å²) in [6, 6.07) is 0. The van der Waals surface area contributed by atoms with E-state index >= 15 is 0 Å². The van der Waals surface area contributed by atoms with Gasteiger partial charge in [0.15, 0.2) is 9.84 Å². The number of aromatic nitrogens is 1. The van der Waals surface area contributed by atoms with Crippen LogP contribution in [0.4, 0.5) is 0 Å². The van der Waals surface area contributed by atoms with Crippen LogP contribution in [0.1, 0.15) is 36.3 Å². The predicted molar refractivity (Wildman–Crippen MR) is 78.0 cm³/mol. The van der Waals surface area contributed by atoms with E-state index < -0.39 is 9.84 Å². The minimum Gasteiger partial charge on any atom is -0.378 e. The molecule has 0 aliphatic heterocycles. The van der Waals surface area contributed by atoms with Crippen molar-refractivity contribution < 1.29 is 13.2 Å². The molecule has 0 bridgehead atoms. The average Bonchev–Trinajstić information content (AvgIpc) is 2.54. The van der Waals surface area contributed by atoms with Crippen LogP contribution in [0.3, 0.4) is 0 Å². The normalized spacial score (nSPS) is 12.9. The summed E-state index contributed by atoms with van der Waals surface area (Å²) in [6.45, 7) is 7.33. The second-order valence-electron chi connectivity index (χ2n) is 5.58. The molecule has 1 aromatic rings. The lowest BCUT2D eigenvalue weighted by Crippen LogP contribution is -2.35. The third-order valence-corrected chi connectivity index (χ3v) is 4.35. The molecular weight excluding hydrogens is 284 g/mol. The highest BCUT2D eigenvalue weighted by Gasteiger charge is 2.16. The molecule has 1 aromatic heterocycles. The summed E-state index contributed by atoms with van der Waals surface area (Å²) in [5.41, 5.74) is 0.827. The van der Waals surface area contributed by atoms with Gasteiger partial charge in [-0.2, -0.15) is 0 Å². The molecule has 19 heavy (non-hydrogen) atoms. The molecule has 0 atom stereocenters. The van der Waals surface area contributed by atoms with E-state index in [-0.39, 0.29) is 11.3 Å². The molecule has 1 heterocycles. The monoisotopic (exact) mass is 306 g/mol. The van der Waals surface area contributed by atoms with E-state index in [0.29, 0.717) is 18.2 Å². The van der Waals surface area contributed by atoms with Crippen molar-refractivity contribution in [1.82, 2.24) is 10.3 Å². The summed E-state index contributed by atoms with van der Waals surface area (Å²) < 4.78 is 27.7. The summed E-state index contributed by atoms with van der Waals surface area (Å²) in [5, 5.41) is 4.00. The van der Waals surface area contributed by atoms with Crippen LogP contribution in [0.2, 0.25) is 0 Å². The van der Waals surface area contributed by atoms with Crippen LogP contribution in [0, 0.1) is 0 Å². The first-order chi connectivity index (χ1) is 8.61. The molecule has 7 heteroatoms. The van der Waals surface area contributed by atoms with Crippen LogP contribution in [-0.2, 0) is 33.5 Å². The highest BCUT2D eigenvalue weighted by atomic mass is 32.2. The highest BCUT2D eigenvalue weighted by Crippen LogP contribution is 2.22. The van der Waals surface area contributed by atoms with E-state index in [2.05, 4.69) is 31.1 Å². The maximum atomic E-state index is 11.3. The Morgan fingerprint density at radius 1 is 1.37 bits per heavy atom. The zero-order valence-electron chi connectivity index (χ0n) is 12.1. The SMILES string of the molecule is COCc1nc(CS(C)(=O)=O)sc1CNC(C)(C)C. The molecule has 1 rings (SSSR count). The van der Waals surface area contributed by atoms with Crippen LogP contribution >= 0.6 is 11.3 Å². The number of methoxy groups -OCH3 is 1. The molecule has 5 nitrogen and oxygen atoms in total. The van der Waals surface area contributed by atoms with Crippen molar-refractivity contribution in [2.24, 2.45) is 0 Å². The lowest BCUT2D eigenvalue weighted by atomic mass is 10.1. The topological polar surface area (TPSA) is 68.3 Å². The minimum absolute atomic E-state index is 0.00529. The van der Waals surface area contributed by atoms with Gasteiger partial charge in [0.05, 0.1) is 12.3 Å². The first-order valence-electron chi connectivity index (χ1n) is 6.00. The van der Waals surface area contributed by atoms with E-state index in [0.717, 1.165) is 10.6 Å².